The van der Waals surface area contributed by atoms with Gasteiger partial charge in [-0.15, -0.1) is 0 Å². The van der Waals surface area contributed by atoms with Crippen LogP contribution >= 0.6 is 0 Å². The number of anilines is 6. The minimum absolute atomic E-state index is 0.0356. The molecule has 2 aliphatic rings. The van der Waals surface area contributed by atoms with Crippen LogP contribution in [-0.4, -0.2) is 15.8 Å². The van der Waals surface area contributed by atoms with Gasteiger partial charge in [-0.05, 0) is 124 Å². The summed E-state index contributed by atoms with van der Waals surface area (Å²) in [5.41, 5.74) is 17.5. The second kappa shape index (κ2) is 13.4. The molecule has 0 amide bonds. The fraction of sp³-hybridized carbons (Fsp3) is 0.164. The van der Waals surface area contributed by atoms with Gasteiger partial charge in [0.1, 0.15) is 0 Å². The highest BCUT2D eigenvalue weighted by Crippen LogP contribution is 2.49. The van der Waals surface area contributed by atoms with Crippen LogP contribution in [0.1, 0.15) is 53.0 Å². The molecule has 0 saturated heterocycles. The largest absolute Gasteiger partial charge is 0.317 e. The Hall–Kier alpha value is -6.72. The molecular weight excluding hydrogens is 727 g/mol. The van der Waals surface area contributed by atoms with Crippen LogP contribution in [0.4, 0.5) is 34.1 Å². The molecule has 11 rings (SSSR count). The minimum atomic E-state index is 0.0356. The van der Waals surface area contributed by atoms with E-state index in [1.807, 2.05) is 0 Å². The van der Waals surface area contributed by atoms with E-state index in [1.165, 1.54) is 66.5 Å². The van der Waals surface area contributed by atoms with E-state index in [2.05, 4.69) is 243 Å². The van der Waals surface area contributed by atoms with Gasteiger partial charge in [0.05, 0.1) is 22.4 Å². The highest BCUT2D eigenvalue weighted by molar-refractivity contribution is 7.00. The summed E-state index contributed by atoms with van der Waals surface area (Å²) in [5.74, 6) is 0.306. The summed E-state index contributed by atoms with van der Waals surface area (Å²) < 4.78 is 5.02. The van der Waals surface area contributed by atoms with Crippen LogP contribution in [0.2, 0.25) is 0 Å². The van der Waals surface area contributed by atoms with Crippen LogP contribution in [0.5, 0.6) is 0 Å². The summed E-state index contributed by atoms with van der Waals surface area (Å²) in [6.07, 6.45) is 4.65. The molecule has 0 radical (unpaired) electrons. The molecule has 292 valence electrons. The number of benzene rings is 7. The predicted molar refractivity (Wildman–Crippen MR) is 256 cm³/mol. The van der Waals surface area contributed by atoms with Gasteiger partial charge in [-0.3, -0.25) is 0 Å². The lowest BCUT2D eigenvalue weighted by Crippen LogP contribution is -2.59. The summed E-state index contributed by atoms with van der Waals surface area (Å²) in [6, 6.07) is 62.5. The first-order valence-electron chi connectivity index (χ1n) is 21.3. The lowest BCUT2D eigenvalue weighted by Gasteiger charge is -2.43. The molecule has 9 aromatic rings. The van der Waals surface area contributed by atoms with Gasteiger partial charge in [0.15, 0.2) is 0 Å². The van der Waals surface area contributed by atoms with Crippen LogP contribution in [-0.2, 0) is 0 Å². The molecule has 60 heavy (non-hydrogen) atoms. The molecule has 5 heteroatoms. The maximum absolute atomic E-state index is 2.54. The average Bonchev–Trinajstić information content (AvgIpc) is 3.90. The van der Waals surface area contributed by atoms with Gasteiger partial charge >= 0.3 is 0 Å². The monoisotopic (exact) mass is 776 g/mol. The van der Waals surface area contributed by atoms with Crippen LogP contribution in [0.25, 0.3) is 33.2 Å². The topological polar surface area (TPSA) is 16.3 Å². The summed E-state index contributed by atoms with van der Waals surface area (Å²) in [5, 5.41) is 2.49. The molecule has 4 nitrogen and oxygen atoms in total. The second-order valence-corrected chi connectivity index (χ2v) is 18.8. The van der Waals surface area contributed by atoms with E-state index >= 15 is 0 Å². The molecular formula is C55H49BN4. The zero-order valence-corrected chi connectivity index (χ0v) is 35.3. The maximum Gasteiger partial charge on any atom is 0.252 e. The molecule has 0 aliphatic carbocycles. The van der Waals surface area contributed by atoms with Crippen molar-refractivity contribution >= 4 is 79.0 Å². The number of fused-ring (bicyclic) bond motifs is 4. The van der Waals surface area contributed by atoms with E-state index in [-0.39, 0.29) is 17.5 Å². The Morgan fingerprint density at radius 3 is 1.12 bits per heavy atom. The van der Waals surface area contributed by atoms with Crippen molar-refractivity contribution in [1.82, 2.24) is 9.13 Å². The Kier molecular flexibility index (Phi) is 8.13. The van der Waals surface area contributed by atoms with E-state index in [1.54, 1.807) is 0 Å². The first-order valence-corrected chi connectivity index (χ1v) is 21.3. The zero-order chi connectivity index (χ0) is 40.9. The molecule has 0 fully saturated rings. The Morgan fingerprint density at radius 2 is 0.783 bits per heavy atom. The third-order valence-corrected chi connectivity index (χ3v) is 12.9. The van der Waals surface area contributed by atoms with Crippen molar-refractivity contribution in [3.05, 3.63) is 188 Å². The summed E-state index contributed by atoms with van der Waals surface area (Å²) in [4.78, 5) is 4.83. The third-order valence-electron chi connectivity index (χ3n) is 12.9. The van der Waals surface area contributed by atoms with Crippen LogP contribution in [0.15, 0.2) is 182 Å². The minimum Gasteiger partial charge on any atom is -0.317 e. The van der Waals surface area contributed by atoms with Crippen LogP contribution in [0, 0.1) is 10.8 Å². The summed E-state index contributed by atoms with van der Waals surface area (Å²) in [6.45, 7) is 14.5. The van der Waals surface area contributed by atoms with E-state index in [0.717, 1.165) is 22.7 Å². The quantitative estimate of drug-likeness (QED) is 0.150. The highest BCUT2D eigenvalue weighted by Gasteiger charge is 2.43. The van der Waals surface area contributed by atoms with Gasteiger partial charge in [-0.2, -0.15) is 0 Å². The number of rotatable bonds is 7. The molecule has 0 spiro atoms. The average molecular weight is 777 g/mol. The highest BCUT2D eigenvalue weighted by atomic mass is 15.2. The molecule has 7 aromatic carbocycles. The number of aromatic nitrogens is 2. The Bertz CT molecular complexity index is 2780. The molecule has 0 unspecified atom stereocenters. The molecule has 2 aliphatic heterocycles. The van der Waals surface area contributed by atoms with Crippen molar-refractivity contribution in [1.29, 1.82) is 0 Å². The van der Waals surface area contributed by atoms with Crippen molar-refractivity contribution in [2.75, 3.05) is 9.80 Å². The first-order chi connectivity index (χ1) is 29.1. The lowest BCUT2D eigenvalue weighted by molar-refractivity contribution is 0.176. The molecule has 2 aromatic heterocycles. The number of hydrogen-bond donors (Lipinski definition) is 0. The number of para-hydroxylation sites is 4. The normalized spacial score (nSPS) is 12.9. The summed E-state index contributed by atoms with van der Waals surface area (Å²) >= 11 is 0. The zero-order valence-electron chi connectivity index (χ0n) is 35.3. The smallest absolute Gasteiger partial charge is 0.252 e. The van der Waals surface area contributed by atoms with Crippen LogP contribution < -0.4 is 26.2 Å². The second-order valence-electron chi connectivity index (χ2n) is 18.8. The van der Waals surface area contributed by atoms with E-state index in [0.29, 0.717) is 5.92 Å². The van der Waals surface area contributed by atoms with Gasteiger partial charge in [0, 0.05) is 57.3 Å². The third kappa shape index (κ3) is 5.52. The predicted octanol–water partition coefficient (Wildman–Crippen LogP) is 12.8. The maximum atomic E-state index is 2.54. The molecule has 4 heterocycles. The Labute approximate surface area is 354 Å². The van der Waals surface area contributed by atoms with E-state index < -0.39 is 0 Å². The van der Waals surface area contributed by atoms with Crippen molar-refractivity contribution < 1.29 is 0 Å². The fourth-order valence-corrected chi connectivity index (χ4v) is 11.2. The van der Waals surface area contributed by atoms with Gasteiger partial charge in [0.2, 0.25) is 0 Å². The fourth-order valence-electron chi connectivity index (χ4n) is 11.2. The lowest BCUT2D eigenvalue weighted by atomic mass is 9.34. The number of hydrogen-bond acceptors (Lipinski definition) is 2. The Balaban J connectivity index is 1.21. The Morgan fingerprint density at radius 1 is 0.433 bits per heavy atom. The molecule has 0 saturated carbocycles. The standard InChI is InChI=1S/C55H49BN4/c1-54(2,3)53(55(4,5)6)37-35-48-50-49(36-37)58-34-32-43-47(60(40-23-15-9-16-24-40)41-25-17-10-18-26-41)30-28-45(52(43)58)56(50)44-27-29-46(42-31-33-57(48)51(42)44)59(38-19-11-7-12-20-38)39-21-13-8-14-22-39/h7-36,53H,1-6H3. The van der Waals surface area contributed by atoms with Gasteiger partial charge in [-0.25, -0.2) is 0 Å². The van der Waals surface area contributed by atoms with Crippen LogP contribution in [0.3, 0.4) is 0 Å². The van der Waals surface area contributed by atoms with E-state index in [4.69, 9.17) is 0 Å². The molecule has 0 atom stereocenters. The summed E-state index contributed by atoms with van der Waals surface area (Å²) in [7, 11) is 0. The van der Waals surface area contributed by atoms with Crippen molar-refractivity contribution in [2.24, 2.45) is 10.8 Å². The molecule has 0 N–H and O–H groups in total. The first kappa shape index (κ1) is 36.4. The van der Waals surface area contributed by atoms with Gasteiger partial charge in [0.25, 0.3) is 6.71 Å². The number of nitrogens with zero attached hydrogens (tertiary/aromatic N) is 4. The van der Waals surface area contributed by atoms with Gasteiger partial charge < -0.3 is 18.9 Å². The van der Waals surface area contributed by atoms with Crippen molar-refractivity contribution in [2.45, 2.75) is 47.5 Å². The van der Waals surface area contributed by atoms with Gasteiger partial charge in [-0.1, -0.05) is 126 Å². The van der Waals surface area contributed by atoms with Crippen molar-refractivity contribution in [3.63, 3.8) is 0 Å². The molecule has 0 bridgehead atoms. The van der Waals surface area contributed by atoms with Crippen molar-refractivity contribution in [3.8, 4) is 11.4 Å². The van der Waals surface area contributed by atoms with E-state index in [9.17, 15) is 0 Å². The SMILES string of the molecule is CC(C)(C)C(c1cc2c3c(c1)-n1ccc4c(N(c5ccccc5)c5ccccc5)ccc(c41)B3c1ccc(N(c3ccccc3)c3ccccc3)c3ccn-2c13)C(C)(C)C.